The number of imidazole rings is 1. The molecule has 3 unspecified atom stereocenters. The van der Waals surface area contributed by atoms with Gasteiger partial charge in [0.05, 0.1) is 17.2 Å². The summed E-state index contributed by atoms with van der Waals surface area (Å²) in [6, 6.07) is 4.55. The molecule has 0 bridgehead atoms. The smallest absolute Gasteiger partial charge is 0.252 e. The van der Waals surface area contributed by atoms with Gasteiger partial charge in [-0.3, -0.25) is 4.79 Å². The molecule has 0 aliphatic carbocycles. The van der Waals surface area contributed by atoms with Crippen molar-refractivity contribution in [1.82, 2.24) is 24.5 Å². The maximum absolute atomic E-state index is 12.9. The molecule has 1 amide bonds. The number of nitrogens with one attached hydrogen (secondary N) is 1. The normalized spacial score (nSPS) is 25.9. The van der Waals surface area contributed by atoms with E-state index in [-0.39, 0.29) is 11.7 Å². The third kappa shape index (κ3) is 3.17. The van der Waals surface area contributed by atoms with Crippen LogP contribution in [0.2, 0.25) is 0 Å². The van der Waals surface area contributed by atoms with Gasteiger partial charge in [0.15, 0.2) is 0 Å². The van der Waals surface area contributed by atoms with Crippen LogP contribution in [0.15, 0.2) is 54.7 Å². The van der Waals surface area contributed by atoms with Crippen LogP contribution in [0.3, 0.4) is 0 Å². The molecule has 1 N–H and O–H groups in total. The fourth-order valence-corrected chi connectivity index (χ4v) is 5.44. The van der Waals surface area contributed by atoms with E-state index >= 15 is 0 Å². The maximum atomic E-state index is 12.9. The summed E-state index contributed by atoms with van der Waals surface area (Å²) in [5.41, 5.74) is 4.16. The Morgan fingerprint density at radius 3 is 3.04 bits per heavy atom. The molecule has 5 heterocycles. The summed E-state index contributed by atoms with van der Waals surface area (Å²) in [5.74, 6) is 0.169. The highest BCUT2D eigenvalue weighted by Gasteiger charge is 2.30. The number of carbonyl (C=O) groups is 1. The van der Waals surface area contributed by atoms with Crippen LogP contribution in [0, 0.1) is 6.92 Å². The van der Waals surface area contributed by atoms with Gasteiger partial charge in [0.25, 0.3) is 5.91 Å². The average molecular weight is 393 g/mol. The molecule has 144 valence electrons. The molecule has 2 aromatic rings. The topological polar surface area (TPSA) is 52.9 Å². The van der Waals surface area contributed by atoms with E-state index in [1.165, 1.54) is 0 Å². The first kappa shape index (κ1) is 17.7. The van der Waals surface area contributed by atoms with Gasteiger partial charge in [-0.2, -0.15) is 0 Å². The first-order valence-electron chi connectivity index (χ1n) is 9.71. The van der Waals surface area contributed by atoms with Crippen molar-refractivity contribution in [3.05, 3.63) is 65.9 Å². The molecule has 0 saturated carbocycles. The molecular weight excluding hydrogens is 369 g/mol. The Labute approximate surface area is 166 Å². The van der Waals surface area contributed by atoms with Crippen LogP contribution in [-0.2, 0) is 4.79 Å². The predicted molar refractivity (Wildman–Crippen MR) is 113 cm³/mol. The number of carbonyl (C=O) groups excluding carboxylic acids is 1. The van der Waals surface area contributed by atoms with Crippen LogP contribution in [-0.4, -0.2) is 56.6 Å². The summed E-state index contributed by atoms with van der Waals surface area (Å²) < 4.78 is 2.03. The summed E-state index contributed by atoms with van der Waals surface area (Å²) in [7, 11) is 0.528. The maximum Gasteiger partial charge on any atom is 0.252 e. The molecule has 3 aliphatic rings. The second-order valence-electron chi connectivity index (χ2n) is 7.67. The van der Waals surface area contributed by atoms with Gasteiger partial charge >= 0.3 is 0 Å². The highest BCUT2D eigenvalue weighted by Crippen LogP contribution is 2.44. The summed E-state index contributed by atoms with van der Waals surface area (Å²) >= 11 is 0. The Balaban J connectivity index is 1.41. The first-order valence-corrected chi connectivity index (χ1v) is 10.8. The number of fused-ring (bicyclic) bond motifs is 2. The minimum Gasteiger partial charge on any atom is -0.368 e. The molecule has 1 fully saturated rings. The van der Waals surface area contributed by atoms with Crippen molar-refractivity contribution >= 4 is 25.4 Å². The lowest BCUT2D eigenvalue weighted by Gasteiger charge is -2.39. The van der Waals surface area contributed by atoms with Crippen LogP contribution in [0.5, 0.6) is 0 Å². The first-order chi connectivity index (χ1) is 13.6. The Hall–Kier alpha value is -2.43. The molecule has 0 aromatic carbocycles. The Bertz CT molecular complexity index is 1040. The lowest BCUT2D eigenvalue weighted by Crippen LogP contribution is -2.49. The number of aryl methyl sites for hydroxylation is 1. The molecule has 3 aliphatic heterocycles. The highest BCUT2D eigenvalue weighted by atomic mass is 31.1. The van der Waals surface area contributed by atoms with Crippen molar-refractivity contribution in [2.75, 3.05) is 19.6 Å². The van der Waals surface area contributed by atoms with Gasteiger partial charge in [0.2, 0.25) is 0 Å². The molecule has 1 saturated heterocycles. The lowest BCUT2D eigenvalue weighted by atomic mass is 10.2. The van der Waals surface area contributed by atoms with Crippen LogP contribution < -0.4 is 5.32 Å². The van der Waals surface area contributed by atoms with Crippen molar-refractivity contribution in [2.45, 2.75) is 25.7 Å². The second kappa shape index (κ2) is 6.87. The van der Waals surface area contributed by atoms with Crippen LogP contribution in [0.1, 0.15) is 18.2 Å². The number of nitrogens with zero attached hydrogens (tertiary/aromatic N) is 4. The number of amides is 1. The standard InChI is InChI=1S/C21H24N5OP/c1-14-10-24(8-7-22-14)17-4-6-21-26(13-17)20(27)9-18(28-21)16-3-5-19-23-15(2)11-25(19)12-16/h3-6,9,11-14,21-22,28H,7-8,10H2,1-2H3. The van der Waals surface area contributed by atoms with Gasteiger partial charge in [-0.05, 0) is 42.9 Å². The largest absolute Gasteiger partial charge is 0.368 e. The van der Waals surface area contributed by atoms with Crippen molar-refractivity contribution in [2.24, 2.45) is 0 Å². The number of pyridine rings is 1. The lowest BCUT2D eigenvalue weighted by molar-refractivity contribution is -0.123. The Kier molecular flexibility index (Phi) is 4.33. The SMILES string of the molecule is Cc1cn2cc(C3=CC(=O)N4C=C(N5CCNC(C)C5)C=CC4P3)ccc2n1. The predicted octanol–water partition coefficient (Wildman–Crippen LogP) is 2.54. The van der Waals surface area contributed by atoms with E-state index in [4.69, 9.17) is 0 Å². The van der Waals surface area contributed by atoms with Crippen molar-refractivity contribution in [3.8, 4) is 0 Å². The Morgan fingerprint density at radius 1 is 1.29 bits per heavy atom. The number of allylic oxidation sites excluding steroid dienone is 1. The van der Waals surface area contributed by atoms with Gasteiger partial charge < -0.3 is 19.5 Å². The van der Waals surface area contributed by atoms with Crippen molar-refractivity contribution in [3.63, 3.8) is 0 Å². The van der Waals surface area contributed by atoms with E-state index in [2.05, 4.69) is 46.5 Å². The van der Waals surface area contributed by atoms with E-state index in [9.17, 15) is 4.79 Å². The summed E-state index contributed by atoms with van der Waals surface area (Å²) in [4.78, 5) is 21.6. The van der Waals surface area contributed by atoms with Gasteiger partial charge in [-0.25, -0.2) is 4.98 Å². The van der Waals surface area contributed by atoms with E-state index in [0.717, 1.165) is 47.6 Å². The summed E-state index contributed by atoms with van der Waals surface area (Å²) in [6.07, 6.45) is 12.3. The van der Waals surface area contributed by atoms with Crippen LogP contribution in [0.25, 0.3) is 11.0 Å². The third-order valence-electron chi connectivity index (χ3n) is 5.46. The molecule has 6 nitrogen and oxygen atoms in total. The molecule has 0 spiro atoms. The number of aromatic nitrogens is 2. The minimum atomic E-state index is 0.0608. The fourth-order valence-electron chi connectivity index (χ4n) is 4.06. The number of hydrogen-bond acceptors (Lipinski definition) is 4. The zero-order valence-electron chi connectivity index (χ0n) is 16.1. The quantitative estimate of drug-likeness (QED) is 0.797. The van der Waals surface area contributed by atoms with Crippen molar-refractivity contribution < 1.29 is 4.79 Å². The van der Waals surface area contributed by atoms with E-state index < -0.39 is 0 Å². The third-order valence-corrected chi connectivity index (χ3v) is 6.97. The molecule has 5 rings (SSSR count). The van der Waals surface area contributed by atoms with Gasteiger partial charge in [-0.1, -0.05) is 14.7 Å². The van der Waals surface area contributed by atoms with Crippen LogP contribution in [0.4, 0.5) is 0 Å². The molecule has 0 radical (unpaired) electrons. The molecule has 7 heteroatoms. The second-order valence-corrected chi connectivity index (χ2v) is 9.09. The average Bonchev–Trinajstić information content (AvgIpc) is 3.07. The Morgan fingerprint density at radius 2 is 2.18 bits per heavy atom. The van der Waals surface area contributed by atoms with Gasteiger partial charge in [0, 0.05) is 50.3 Å². The molecule has 3 atom stereocenters. The van der Waals surface area contributed by atoms with Gasteiger partial charge in [0.1, 0.15) is 5.65 Å². The molecule has 28 heavy (non-hydrogen) atoms. The van der Waals surface area contributed by atoms with Crippen molar-refractivity contribution in [1.29, 1.82) is 0 Å². The number of rotatable bonds is 2. The monoisotopic (exact) mass is 393 g/mol. The number of piperazine rings is 1. The molecular formula is C21H24N5OP. The summed E-state index contributed by atoms with van der Waals surface area (Å²) in [6.45, 7) is 7.11. The number of hydrogen-bond donors (Lipinski definition) is 1. The highest BCUT2D eigenvalue weighted by molar-refractivity contribution is 7.51. The minimum absolute atomic E-state index is 0.0608. The zero-order valence-corrected chi connectivity index (χ0v) is 17.1. The van der Waals surface area contributed by atoms with E-state index in [1.54, 1.807) is 6.08 Å². The van der Waals surface area contributed by atoms with Gasteiger partial charge in [-0.15, -0.1) is 0 Å². The van der Waals surface area contributed by atoms with E-state index in [1.807, 2.05) is 34.7 Å². The fraction of sp³-hybridized carbons (Fsp3) is 0.333. The molecule has 2 aromatic heterocycles. The van der Waals surface area contributed by atoms with E-state index in [0.29, 0.717) is 14.6 Å². The summed E-state index contributed by atoms with van der Waals surface area (Å²) in [5, 5.41) is 4.57. The van der Waals surface area contributed by atoms with Crippen LogP contribution >= 0.6 is 8.58 Å². The zero-order chi connectivity index (χ0) is 19.3.